The quantitative estimate of drug-likeness (QED) is 0.0603. The molecule has 220 valence electrons. The molecule has 39 heavy (non-hydrogen) atoms. The van der Waals surface area contributed by atoms with Crippen molar-refractivity contribution in [3.05, 3.63) is 48.6 Å². The number of allylic oxidation sites excluding steroid dienone is 7. The largest absolute Gasteiger partial charge is 0.481 e. The lowest BCUT2D eigenvalue weighted by molar-refractivity contribution is -0.143. The highest BCUT2D eigenvalue weighted by atomic mass is 32.2. The van der Waals surface area contributed by atoms with Crippen molar-refractivity contribution >= 4 is 35.6 Å². The molecule has 0 aliphatic heterocycles. The average molecular weight is 569 g/mol. The van der Waals surface area contributed by atoms with Gasteiger partial charge >= 0.3 is 17.9 Å². The van der Waals surface area contributed by atoms with E-state index in [-0.39, 0.29) is 31.4 Å². The molecular formula is C28H44N2O8S. The summed E-state index contributed by atoms with van der Waals surface area (Å²) in [5, 5.41) is 39.2. The van der Waals surface area contributed by atoms with Crippen molar-refractivity contribution in [3.63, 3.8) is 0 Å². The molecule has 1 amide bonds. The Kier molecular flexibility index (Phi) is 21.3. The molecule has 10 nitrogen and oxygen atoms in total. The lowest BCUT2D eigenvalue weighted by atomic mass is 10.1. The second-order valence-corrected chi connectivity index (χ2v) is 10.2. The Balaban J connectivity index is 4.96. The fraction of sp³-hybridized carbons (Fsp3) is 0.571. The maximum atomic E-state index is 12.4. The summed E-state index contributed by atoms with van der Waals surface area (Å²) in [4.78, 5) is 45.2. The predicted molar refractivity (Wildman–Crippen MR) is 153 cm³/mol. The fourth-order valence-electron chi connectivity index (χ4n) is 3.28. The van der Waals surface area contributed by atoms with Crippen LogP contribution in [0.5, 0.6) is 0 Å². The Morgan fingerprint density at radius 3 is 2.21 bits per heavy atom. The number of rotatable bonds is 23. The van der Waals surface area contributed by atoms with Gasteiger partial charge in [0.2, 0.25) is 5.91 Å². The summed E-state index contributed by atoms with van der Waals surface area (Å²) in [5.74, 6) is -4.19. The van der Waals surface area contributed by atoms with Gasteiger partial charge in [-0.05, 0) is 38.5 Å². The Morgan fingerprint density at radius 1 is 0.872 bits per heavy atom. The third-order valence-corrected chi connectivity index (χ3v) is 6.93. The van der Waals surface area contributed by atoms with Crippen LogP contribution in [0.2, 0.25) is 0 Å². The normalized spacial score (nSPS) is 15.2. The lowest BCUT2D eigenvalue weighted by Crippen LogP contribution is -2.49. The van der Waals surface area contributed by atoms with Crippen LogP contribution in [-0.4, -0.2) is 73.4 Å². The second kappa shape index (κ2) is 23.0. The monoisotopic (exact) mass is 568 g/mol. The van der Waals surface area contributed by atoms with Crippen LogP contribution in [0.4, 0.5) is 0 Å². The van der Waals surface area contributed by atoms with Crippen LogP contribution in [0, 0.1) is 0 Å². The van der Waals surface area contributed by atoms with Crippen molar-refractivity contribution in [2.45, 2.75) is 94.6 Å². The molecule has 4 atom stereocenters. The molecule has 0 saturated carbocycles. The number of thioether (sulfide) groups is 1. The minimum absolute atomic E-state index is 0.0519. The number of carbonyl (C=O) groups excluding carboxylic acids is 1. The van der Waals surface area contributed by atoms with Gasteiger partial charge in [0, 0.05) is 23.8 Å². The second-order valence-electron chi connectivity index (χ2n) is 8.99. The van der Waals surface area contributed by atoms with Gasteiger partial charge in [-0.15, -0.1) is 11.8 Å². The zero-order valence-corrected chi connectivity index (χ0v) is 23.4. The van der Waals surface area contributed by atoms with Gasteiger partial charge in [-0.3, -0.25) is 14.4 Å². The Labute approximate surface area is 235 Å². The molecule has 11 heteroatoms. The van der Waals surface area contributed by atoms with Gasteiger partial charge in [0.25, 0.3) is 0 Å². The summed E-state index contributed by atoms with van der Waals surface area (Å²) in [6, 6.07) is -2.48. The zero-order chi connectivity index (χ0) is 29.5. The van der Waals surface area contributed by atoms with E-state index in [0.717, 1.165) is 12.8 Å². The highest BCUT2D eigenvalue weighted by Crippen LogP contribution is 2.21. The molecule has 0 rings (SSSR count). The van der Waals surface area contributed by atoms with Crippen LogP contribution in [0.15, 0.2) is 48.6 Å². The van der Waals surface area contributed by atoms with Crippen molar-refractivity contribution < 1.29 is 39.6 Å². The first-order chi connectivity index (χ1) is 18.6. The van der Waals surface area contributed by atoms with Gasteiger partial charge in [-0.25, -0.2) is 4.79 Å². The number of aliphatic hydroxyl groups is 1. The van der Waals surface area contributed by atoms with Crippen molar-refractivity contribution in [1.29, 1.82) is 0 Å². The number of carbonyl (C=O) groups is 4. The topological polar surface area (TPSA) is 187 Å². The Hall–Kier alpha value is -2.89. The molecule has 0 radical (unpaired) electrons. The van der Waals surface area contributed by atoms with E-state index in [1.165, 1.54) is 31.0 Å². The van der Waals surface area contributed by atoms with Crippen molar-refractivity contribution in [1.82, 2.24) is 5.32 Å². The van der Waals surface area contributed by atoms with E-state index in [1.807, 2.05) is 18.2 Å². The molecule has 0 aliphatic rings. The summed E-state index contributed by atoms with van der Waals surface area (Å²) >= 11 is 1.19. The van der Waals surface area contributed by atoms with Crippen molar-refractivity contribution in [2.75, 3.05) is 5.75 Å². The highest BCUT2D eigenvalue weighted by molar-refractivity contribution is 8.00. The first kappa shape index (κ1) is 36.1. The molecule has 0 fully saturated rings. The van der Waals surface area contributed by atoms with Gasteiger partial charge < -0.3 is 31.5 Å². The summed E-state index contributed by atoms with van der Waals surface area (Å²) in [6.45, 7) is 2.18. The van der Waals surface area contributed by atoms with E-state index in [0.29, 0.717) is 0 Å². The van der Waals surface area contributed by atoms with E-state index in [2.05, 4.69) is 24.4 Å². The molecule has 0 heterocycles. The van der Waals surface area contributed by atoms with Crippen LogP contribution in [0.1, 0.15) is 71.1 Å². The molecule has 0 unspecified atom stereocenters. The van der Waals surface area contributed by atoms with E-state index in [9.17, 15) is 29.4 Å². The maximum Gasteiger partial charge on any atom is 0.326 e. The lowest BCUT2D eigenvalue weighted by Gasteiger charge is -2.22. The minimum Gasteiger partial charge on any atom is -0.481 e. The van der Waals surface area contributed by atoms with Crippen molar-refractivity contribution in [3.8, 4) is 0 Å². The molecule has 0 spiro atoms. The molecule has 0 aromatic carbocycles. The maximum absolute atomic E-state index is 12.4. The number of hydrogen-bond acceptors (Lipinski definition) is 7. The van der Waals surface area contributed by atoms with E-state index >= 15 is 0 Å². The molecule has 0 aromatic rings. The van der Waals surface area contributed by atoms with Crippen LogP contribution >= 0.6 is 11.8 Å². The van der Waals surface area contributed by atoms with Crippen molar-refractivity contribution in [2.24, 2.45) is 5.73 Å². The number of unbranched alkanes of at least 4 members (excludes halogenated alkanes) is 3. The fourth-order valence-corrected chi connectivity index (χ4v) is 4.42. The molecule has 0 saturated heterocycles. The van der Waals surface area contributed by atoms with Gasteiger partial charge in [0.05, 0.1) is 12.1 Å². The van der Waals surface area contributed by atoms with E-state index in [1.54, 1.807) is 18.2 Å². The smallest absolute Gasteiger partial charge is 0.326 e. The number of nitrogens with two attached hydrogens (primary N) is 1. The summed E-state index contributed by atoms with van der Waals surface area (Å²) in [6.07, 6.45) is 19.8. The van der Waals surface area contributed by atoms with Gasteiger partial charge in [-0.2, -0.15) is 0 Å². The number of carboxylic acid groups (broad SMARTS) is 3. The number of nitrogens with one attached hydrogen (secondary N) is 1. The third-order valence-electron chi connectivity index (χ3n) is 5.52. The first-order valence-electron chi connectivity index (χ1n) is 13.2. The van der Waals surface area contributed by atoms with Crippen LogP contribution in [0.25, 0.3) is 0 Å². The molecule has 0 bridgehead atoms. The number of aliphatic hydroxyl groups excluding tert-OH is 1. The summed E-state index contributed by atoms with van der Waals surface area (Å²) in [7, 11) is 0. The average Bonchev–Trinajstić information content (AvgIpc) is 2.87. The summed E-state index contributed by atoms with van der Waals surface area (Å²) < 4.78 is 0. The number of carboxylic acids is 3. The number of aliphatic carboxylic acids is 3. The van der Waals surface area contributed by atoms with E-state index in [4.69, 9.17) is 15.9 Å². The van der Waals surface area contributed by atoms with Gasteiger partial charge in [-0.1, -0.05) is 68.4 Å². The molecule has 0 aliphatic carbocycles. The molecule has 0 aromatic heterocycles. The van der Waals surface area contributed by atoms with Gasteiger partial charge in [0.1, 0.15) is 6.04 Å². The van der Waals surface area contributed by atoms with Gasteiger partial charge in [0.15, 0.2) is 0 Å². The van der Waals surface area contributed by atoms with Crippen LogP contribution in [0.3, 0.4) is 0 Å². The van der Waals surface area contributed by atoms with E-state index < -0.39 is 53.7 Å². The molecular weight excluding hydrogens is 524 g/mol. The highest BCUT2D eigenvalue weighted by Gasteiger charge is 2.25. The summed E-state index contributed by atoms with van der Waals surface area (Å²) in [5.41, 5.74) is 5.92. The van der Waals surface area contributed by atoms with Crippen LogP contribution in [-0.2, 0) is 19.2 Å². The predicted octanol–water partition coefficient (Wildman–Crippen LogP) is 3.66. The third kappa shape index (κ3) is 20.7. The molecule has 7 N–H and O–H groups in total. The Bertz CT molecular complexity index is 857. The SMILES string of the molecule is CCCCC/C=C\C\C=C/C=C/C=C/[C@@H](SC[C@H](N)C(=O)N[C@@H](CCC(=O)O)C(=O)O)[C@@H](O)CCCC(=O)O. The number of amides is 1. The standard InChI is InChI=1S/C28H44N2O8S/c1-2-3-4-5-6-7-8-9-10-11-12-13-16-24(23(31)15-14-17-25(32)33)39-20-21(29)27(36)30-22(28(37)38)18-19-26(34)35/h6-7,9-13,16,21-24,31H,2-5,8,14-15,17-20,29H2,1H3,(H,30,36)(H,32,33)(H,34,35)(H,37,38)/b7-6-,10-9-,12-11+,16-13+/t21-,22-,23-,24+/m0/s1. The first-order valence-corrected chi connectivity index (χ1v) is 14.3. The van der Waals surface area contributed by atoms with Crippen LogP contribution < -0.4 is 11.1 Å². The Morgan fingerprint density at radius 2 is 1.56 bits per heavy atom. The minimum atomic E-state index is -1.38. The number of hydrogen-bond donors (Lipinski definition) is 6. The zero-order valence-electron chi connectivity index (χ0n) is 22.6.